The third-order valence-electron chi connectivity index (χ3n) is 2.96. The molecular weight excluding hydrogens is 300 g/mol. The van der Waals surface area contributed by atoms with Crippen LogP contribution in [0.4, 0.5) is 5.69 Å². The Labute approximate surface area is 134 Å². The Morgan fingerprint density at radius 1 is 1.45 bits per heavy atom. The molecule has 0 aliphatic carbocycles. The van der Waals surface area contributed by atoms with Crippen LogP contribution in [0.15, 0.2) is 23.4 Å². The van der Waals surface area contributed by atoms with E-state index >= 15 is 0 Å². The fourth-order valence-corrected chi connectivity index (χ4v) is 2.54. The number of benzene rings is 1. The Kier molecular flexibility index (Phi) is 5.83. The van der Waals surface area contributed by atoms with Crippen LogP contribution in [0, 0.1) is 6.92 Å². The van der Waals surface area contributed by atoms with E-state index in [0.29, 0.717) is 16.6 Å². The normalized spacial score (nSPS) is 10.5. The number of aryl methyl sites for hydroxylation is 2. The molecule has 2 rings (SSSR count). The smallest absolute Gasteiger partial charge is 0.234 e. The fourth-order valence-electron chi connectivity index (χ4n) is 1.93. The maximum absolute atomic E-state index is 12.0. The van der Waals surface area contributed by atoms with Crippen LogP contribution < -0.4 is 10.1 Å². The van der Waals surface area contributed by atoms with Gasteiger partial charge in [0.15, 0.2) is 0 Å². The quantitative estimate of drug-likeness (QED) is 0.767. The number of carbonyl (C=O) groups is 1. The number of rotatable bonds is 7. The Bertz CT molecular complexity index is 642. The number of aromatic amines is 1. The largest absolute Gasteiger partial charge is 0.495 e. The zero-order valence-electron chi connectivity index (χ0n) is 13.0. The second kappa shape index (κ2) is 7.84. The summed E-state index contributed by atoms with van der Waals surface area (Å²) in [5.74, 6) is 1.63. The number of carbonyl (C=O) groups excluding carboxylic acids is 1. The van der Waals surface area contributed by atoms with E-state index in [2.05, 4.69) is 27.4 Å². The van der Waals surface area contributed by atoms with Crippen LogP contribution in [0.25, 0.3) is 0 Å². The molecule has 0 bridgehead atoms. The van der Waals surface area contributed by atoms with Crippen LogP contribution in [-0.4, -0.2) is 34.0 Å². The maximum atomic E-state index is 12.0. The number of amides is 1. The lowest BCUT2D eigenvalue weighted by atomic mass is 10.2. The van der Waals surface area contributed by atoms with E-state index in [9.17, 15) is 4.79 Å². The van der Waals surface area contributed by atoms with Gasteiger partial charge in [-0.1, -0.05) is 24.8 Å². The SMILES string of the molecule is CCCc1nc(SCC(=O)Nc2cc(C)ccc2OC)n[nH]1. The molecule has 0 fully saturated rings. The van der Waals surface area contributed by atoms with Crippen molar-refractivity contribution in [2.24, 2.45) is 0 Å². The molecule has 7 heteroatoms. The Hall–Kier alpha value is -2.02. The lowest BCUT2D eigenvalue weighted by Crippen LogP contribution is -2.15. The number of aromatic nitrogens is 3. The highest BCUT2D eigenvalue weighted by Crippen LogP contribution is 2.25. The van der Waals surface area contributed by atoms with Crippen LogP contribution >= 0.6 is 11.8 Å². The molecule has 0 atom stereocenters. The molecule has 0 unspecified atom stereocenters. The molecule has 0 spiro atoms. The zero-order valence-corrected chi connectivity index (χ0v) is 13.8. The van der Waals surface area contributed by atoms with E-state index in [1.165, 1.54) is 11.8 Å². The molecule has 1 aromatic heterocycles. The first-order valence-corrected chi connectivity index (χ1v) is 8.09. The molecule has 0 saturated heterocycles. The molecule has 6 nitrogen and oxygen atoms in total. The van der Waals surface area contributed by atoms with Crippen LogP contribution in [0.5, 0.6) is 5.75 Å². The van der Waals surface area contributed by atoms with Crippen molar-refractivity contribution in [1.82, 2.24) is 15.2 Å². The van der Waals surface area contributed by atoms with Crippen LogP contribution in [0.2, 0.25) is 0 Å². The number of nitrogens with zero attached hydrogens (tertiary/aromatic N) is 2. The van der Waals surface area contributed by atoms with Gasteiger partial charge in [0.05, 0.1) is 18.6 Å². The fraction of sp³-hybridized carbons (Fsp3) is 0.400. The molecule has 1 amide bonds. The number of methoxy groups -OCH3 is 1. The predicted octanol–water partition coefficient (Wildman–Crippen LogP) is 2.81. The van der Waals surface area contributed by atoms with Gasteiger partial charge in [-0.05, 0) is 31.0 Å². The monoisotopic (exact) mass is 320 g/mol. The highest BCUT2D eigenvalue weighted by atomic mass is 32.2. The van der Waals surface area contributed by atoms with Gasteiger partial charge in [-0.25, -0.2) is 4.98 Å². The summed E-state index contributed by atoms with van der Waals surface area (Å²) in [7, 11) is 1.58. The Morgan fingerprint density at radius 3 is 3.00 bits per heavy atom. The van der Waals surface area contributed by atoms with Crippen molar-refractivity contribution in [1.29, 1.82) is 0 Å². The molecular formula is C15H20N4O2S. The Balaban J connectivity index is 1.91. The van der Waals surface area contributed by atoms with Crippen molar-refractivity contribution >= 4 is 23.4 Å². The summed E-state index contributed by atoms with van der Waals surface area (Å²) in [6.45, 7) is 4.05. The van der Waals surface area contributed by atoms with Crippen LogP contribution in [0.3, 0.4) is 0 Å². The number of H-pyrrole nitrogens is 1. The first kappa shape index (κ1) is 16.4. The Morgan fingerprint density at radius 2 is 2.27 bits per heavy atom. The molecule has 0 saturated carbocycles. The van der Waals surface area contributed by atoms with Crippen LogP contribution in [-0.2, 0) is 11.2 Å². The number of hydrogen-bond donors (Lipinski definition) is 2. The summed E-state index contributed by atoms with van der Waals surface area (Å²) in [4.78, 5) is 16.4. The van der Waals surface area contributed by atoms with Crippen molar-refractivity contribution in [2.45, 2.75) is 31.8 Å². The first-order chi connectivity index (χ1) is 10.6. The molecule has 1 aromatic carbocycles. The first-order valence-electron chi connectivity index (χ1n) is 7.11. The molecule has 0 aliphatic rings. The van der Waals surface area contributed by atoms with Gasteiger partial charge < -0.3 is 10.1 Å². The second-order valence-corrected chi connectivity index (χ2v) is 5.80. The topological polar surface area (TPSA) is 79.9 Å². The average Bonchev–Trinajstić information content (AvgIpc) is 2.94. The average molecular weight is 320 g/mol. The number of nitrogens with one attached hydrogen (secondary N) is 2. The van der Waals surface area contributed by atoms with E-state index in [1.807, 2.05) is 25.1 Å². The summed E-state index contributed by atoms with van der Waals surface area (Å²) >= 11 is 1.31. The van der Waals surface area contributed by atoms with Crippen LogP contribution in [0.1, 0.15) is 24.7 Å². The summed E-state index contributed by atoms with van der Waals surface area (Å²) in [6.07, 6.45) is 1.87. The van der Waals surface area contributed by atoms with Gasteiger partial charge in [-0.2, -0.15) is 0 Å². The summed E-state index contributed by atoms with van der Waals surface area (Å²) in [5.41, 5.74) is 1.73. The van der Waals surface area contributed by atoms with Gasteiger partial charge in [0, 0.05) is 6.42 Å². The lowest BCUT2D eigenvalue weighted by molar-refractivity contribution is -0.113. The third-order valence-corrected chi connectivity index (χ3v) is 3.81. The van der Waals surface area contributed by atoms with Gasteiger partial charge in [0.2, 0.25) is 11.1 Å². The summed E-state index contributed by atoms with van der Waals surface area (Å²) in [6, 6.07) is 5.66. The minimum absolute atomic E-state index is 0.115. The molecule has 22 heavy (non-hydrogen) atoms. The van der Waals surface area contributed by atoms with Gasteiger partial charge in [0.25, 0.3) is 0 Å². The summed E-state index contributed by atoms with van der Waals surface area (Å²) in [5, 5.41) is 10.4. The minimum Gasteiger partial charge on any atom is -0.495 e. The van der Waals surface area contributed by atoms with Crippen molar-refractivity contribution in [2.75, 3.05) is 18.2 Å². The van der Waals surface area contributed by atoms with Crippen molar-refractivity contribution < 1.29 is 9.53 Å². The molecule has 2 aromatic rings. The van der Waals surface area contributed by atoms with E-state index < -0.39 is 0 Å². The maximum Gasteiger partial charge on any atom is 0.234 e. The zero-order chi connectivity index (χ0) is 15.9. The highest BCUT2D eigenvalue weighted by molar-refractivity contribution is 7.99. The summed E-state index contributed by atoms with van der Waals surface area (Å²) < 4.78 is 5.24. The van der Waals surface area contributed by atoms with E-state index in [-0.39, 0.29) is 11.7 Å². The van der Waals surface area contributed by atoms with E-state index in [0.717, 1.165) is 24.2 Å². The molecule has 118 valence electrons. The highest BCUT2D eigenvalue weighted by Gasteiger charge is 2.10. The van der Waals surface area contributed by atoms with Gasteiger partial charge in [0.1, 0.15) is 11.6 Å². The van der Waals surface area contributed by atoms with Crippen molar-refractivity contribution in [3.05, 3.63) is 29.6 Å². The molecule has 1 heterocycles. The number of thioether (sulfide) groups is 1. The molecule has 0 radical (unpaired) electrons. The number of anilines is 1. The van der Waals surface area contributed by atoms with Crippen molar-refractivity contribution in [3.8, 4) is 5.75 Å². The lowest BCUT2D eigenvalue weighted by Gasteiger charge is -2.10. The molecule has 2 N–H and O–H groups in total. The second-order valence-electron chi connectivity index (χ2n) is 4.86. The van der Waals surface area contributed by atoms with Gasteiger partial charge >= 0.3 is 0 Å². The van der Waals surface area contributed by atoms with E-state index in [4.69, 9.17) is 4.74 Å². The molecule has 0 aliphatic heterocycles. The van der Waals surface area contributed by atoms with E-state index in [1.54, 1.807) is 7.11 Å². The van der Waals surface area contributed by atoms with Gasteiger partial charge in [-0.15, -0.1) is 5.10 Å². The third kappa shape index (κ3) is 4.49. The number of hydrogen-bond acceptors (Lipinski definition) is 5. The number of ether oxygens (including phenoxy) is 1. The van der Waals surface area contributed by atoms with Gasteiger partial charge in [-0.3, -0.25) is 9.89 Å². The standard InChI is InChI=1S/C15H20N4O2S/c1-4-5-13-17-15(19-18-13)22-9-14(20)16-11-8-10(2)6-7-12(11)21-3/h6-8H,4-5,9H2,1-3H3,(H,16,20)(H,17,18,19). The minimum atomic E-state index is -0.115. The van der Waals surface area contributed by atoms with Crippen molar-refractivity contribution in [3.63, 3.8) is 0 Å². The predicted molar refractivity (Wildman–Crippen MR) is 87.5 cm³/mol.